The van der Waals surface area contributed by atoms with Crippen LogP contribution in [0.4, 0.5) is 0 Å². The first-order valence-corrected chi connectivity index (χ1v) is 6.89. The Balaban J connectivity index is 2.07. The van der Waals surface area contributed by atoms with Crippen molar-refractivity contribution in [2.45, 2.75) is 6.61 Å². The number of halogens is 3. The molecular formula is C11H7BrCl2OS. The molecule has 2 aromatic rings. The van der Waals surface area contributed by atoms with E-state index in [1.165, 1.54) is 0 Å². The fourth-order valence-corrected chi connectivity index (χ4v) is 2.88. The zero-order chi connectivity index (χ0) is 11.5. The maximum atomic E-state index is 6.00. The van der Waals surface area contributed by atoms with E-state index in [4.69, 9.17) is 27.9 Å². The molecule has 0 aliphatic heterocycles. The number of benzene rings is 1. The molecule has 1 aromatic heterocycles. The normalized spacial score (nSPS) is 10.4. The Bertz CT molecular complexity index is 498. The van der Waals surface area contributed by atoms with Gasteiger partial charge in [0.25, 0.3) is 0 Å². The van der Waals surface area contributed by atoms with E-state index in [1.807, 2.05) is 17.5 Å². The third-order valence-electron chi connectivity index (χ3n) is 1.91. The number of rotatable bonds is 3. The van der Waals surface area contributed by atoms with Crippen molar-refractivity contribution in [2.24, 2.45) is 0 Å². The molecule has 0 unspecified atom stereocenters. The van der Waals surface area contributed by atoms with E-state index in [9.17, 15) is 0 Å². The summed E-state index contributed by atoms with van der Waals surface area (Å²) in [7, 11) is 0. The van der Waals surface area contributed by atoms with Crippen LogP contribution in [0.5, 0.6) is 5.75 Å². The summed E-state index contributed by atoms with van der Waals surface area (Å²) in [5.74, 6) is 0.610. The van der Waals surface area contributed by atoms with Crippen molar-refractivity contribution in [3.05, 3.63) is 49.0 Å². The second kappa shape index (κ2) is 5.41. The van der Waals surface area contributed by atoms with Gasteiger partial charge in [-0.15, -0.1) is 11.3 Å². The average molecular weight is 338 g/mol. The molecule has 0 fully saturated rings. The summed E-state index contributed by atoms with van der Waals surface area (Å²) < 4.78 is 6.65. The Labute approximate surface area is 116 Å². The molecule has 0 saturated heterocycles. The van der Waals surface area contributed by atoms with E-state index in [2.05, 4.69) is 15.9 Å². The van der Waals surface area contributed by atoms with Gasteiger partial charge in [0.2, 0.25) is 0 Å². The third kappa shape index (κ3) is 2.92. The molecule has 0 spiro atoms. The molecule has 0 amide bonds. The van der Waals surface area contributed by atoms with Gasteiger partial charge >= 0.3 is 0 Å². The van der Waals surface area contributed by atoms with Gasteiger partial charge < -0.3 is 4.74 Å². The highest BCUT2D eigenvalue weighted by Gasteiger charge is 2.06. The van der Waals surface area contributed by atoms with Crippen molar-refractivity contribution in [3.8, 4) is 5.75 Å². The van der Waals surface area contributed by atoms with Crippen molar-refractivity contribution in [1.82, 2.24) is 0 Å². The summed E-state index contributed by atoms with van der Waals surface area (Å²) in [6.45, 7) is 0.496. The van der Waals surface area contributed by atoms with E-state index in [0.29, 0.717) is 22.4 Å². The SMILES string of the molecule is Clc1cccc(OCc2cc(Br)cs2)c1Cl. The number of hydrogen-bond acceptors (Lipinski definition) is 2. The topological polar surface area (TPSA) is 9.23 Å². The Kier molecular flexibility index (Phi) is 4.14. The summed E-state index contributed by atoms with van der Waals surface area (Å²) in [4.78, 5) is 1.13. The molecule has 0 saturated carbocycles. The maximum Gasteiger partial charge on any atom is 0.139 e. The quantitative estimate of drug-likeness (QED) is 0.728. The molecule has 0 atom stereocenters. The first-order chi connectivity index (χ1) is 7.66. The van der Waals surface area contributed by atoms with Crippen LogP contribution in [0.2, 0.25) is 10.0 Å². The summed E-state index contributed by atoms with van der Waals surface area (Å²) in [5, 5.41) is 2.98. The largest absolute Gasteiger partial charge is 0.486 e. The van der Waals surface area contributed by atoms with Crippen LogP contribution in [-0.2, 0) is 6.61 Å². The fourth-order valence-electron chi connectivity index (χ4n) is 1.17. The molecule has 0 bridgehead atoms. The summed E-state index contributed by atoms with van der Waals surface area (Å²) >= 11 is 16.9. The molecule has 0 aliphatic carbocycles. The lowest BCUT2D eigenvalue weighted by Crippen LogP contribution is -1.93. The van der Waals surface area contributed by atoms with Crippen LogP contribution in [0, 0.1) is 0 Å². The van der Waals surface area contributed by atoms with Crippen LogP contribution >= 0.6 is 50.5 Å². The van der Waals surface area contributed by atoms with Gasteiger partial charge in [-0.05, 0) is 34.1 Å². The van der Waals surface area contributed by atoms with Gasteiger partial charge in [0, 0.05) is 14.7 Å². The van der Waals surface area contributed by atoms with Crippen LogP contribution in [0.15, 0.2) is 34.1 Å². The minimum Gasteiger partial charge on any atom is -0.486 e. The predicted octanol–water partition coefficient (Wildman–Crippen LogP) is 5.40. The monoisotopic (exact) mass is 336 g/mol. The van der Waals surface area contributed by atoms with Crippen LogP contribution in [0.1, 0.15) is 4.88 Å². The van der Waals surface area contributed by atoms with Crippen LogP contribution < -0.4 is 4.74 Å². The Morgan fingerprint density at radius 1 is 1.31 bits per heavy atom. The highest BCUT2D eigenvalue weighted by molar-refractivity contribution is 9.10. The molecule has 0 aliphatic rings. The first kappa shape index (κ1) is 12.2. The van der Waals surface area contributed by atoms with E-state index in [-0.39, 0.29) is 0 Å². The average Bonchev–Trinajstić information content (AvgIpc) is 2.67. The van der Waals surface area contributed by atoms with Gasteiger partial charge in [0.1, 0.15) is 17.4 Å². The summed E-state index contributed by atoms with van der Waals surface area (Å²) in [5.41, 5.74) is 0. The van der Waals surface area contributed by atoms with E-state index in [1.54, 1.807) is 23.5 Å². The van der Waals surface area contributed by atoms with Crippen LogP contribution in [0.3, 0.4) is 0 Å². The fraction of sp³-hybridized carbons (Fsp3) is 0.0909. The Hall–Kier alpha value is -0.220. The smallest absolute Gasteiger partial charge is 0.139 e. The van der Waals surface area contributed by atoms with Gasteiger partial charge in [-0.3, -0.25) is 0 Å². The molecule has 5 heteroatoms. The maximum absolute atomic E-state index is 6.00. The van der Waals surface area contributed by atoms with Crippen LogP contribution in [-0.4, -0.2) is 0 Å². The van der Waals surface area contributed by atoms with E-state index >= 15 is 0 Å². The zero-order valence-electron chi connectivity index (χ0n) is 8.04. The Morgan fingerprint density at radius 3 is 2.81 bits per heavy atom. The lowest BCUT2D eigenvalue weighted by molar-refractivity contribution is 0.310. The molecule has 1 aromatic carbocycles. The molecular weight excluding hydrogens is 331 g/mol. The van der Waals surface area contributed by atoms with Gasteiger partial charge in [0.05, 0.1) is 5.02 Å². The second-order valence-electron chi connectivity index (χ2n) is 3.07. The molecule has 16 heavy (non-hydrogen) atoms. The molecule has 0 N–H and O–H groups in total. The number of hydrogen-bond donors (Lipinski definition) is 0. The Morgan fingerprint density at radius 2 is 2.12 bits per heavy atom. The molecule has 1 nitrogen and oxygen atoms in total. The van der Waals surface area contributed by atoms with Gasteiger partial charge in [0.15, 0.2) is 0 Å². The second-order valence-corrected chi connectivity index (χ2v) is 5.77. The van der Waals surface area contributed by atoms with Gasteiger partial charge in [-0.2, -0.15) is 0 Å². The predicted molar refractivity (Wildman–Crippen MR) is 72.8 cm³/mol. The number of thiophene rings is 1. The molecule has 1 heterocycles. The zero-order valence-corrected chi connectivity index (χ0v) is 12.0. The lowest BCUT2D eigenvalue weighted by Gasteiger charge is -2.07. The lowest BCUT2D eigenvalue weighted by atomic mass is 10.3. The summed E-state index contributed by atoms with van der Waals surface area (Å²) in [6, 6.07) is 7.37. The van der Waals surface area contributed by atoms with Crippen molar-refractivity contribution >= 4 is 50.5 Å². The molecule has 84 valence electrons. The van der Waals surface area contributed by atoms with Gasteiger partial charge in [-0.1, -0.05) is 29.3 Å². The van der Waals surface area contributed by atoms with E-state index < -0.39 is 0 Å². The first-order valence-electron chi connectivity index (χ1n) is 4.46. The highest BCUT2D eigenvalue weighted by Crippen LogP contribution is 2.32. The van der Waals surface area contributed by atoms with Crippen LogP contribution in [0.25, 0.3) is 0 Å². The molecule has 0 radical (unpaired) electrons. The van der Waals surface area contributed by atoms with Crippen molar-refractivity contribution < 1.29 is 4.74 Å². The third-order valence-corrected chi connectivity index (χ3v) is 4.38. The van der Waals surface area contributed by atoms with Crippen molar-refractivity contribution in [3.63, 3.8) is 0 Å². The van der Waals surface area contributed by atoms with E-state index in [0.717, 1.165) is 9.35 Å². The minimum atomic E-state index is 0.458. The standard InChI is InChI=1S/C11H7BrCl2OS/c12-7-4-8(16-6-7)5-15-10-3-1-2-9(13)11(10)14/h1-4,6H,5H2. The van der Waals surface area contributed by atoms with Gasteiger partial charge in [-0.25, -0.2) is 0 Å². The minimum absolute atomic E-state index is 0.458. The summed E-state index contributed by atoms with van der Waals surface area (Å²) in [6.07, 6.45) is 0. The molecule has 2 rings (SSSR count). The van der Waals surface area contributed by atoms with Crippen molar-refractivity contribution in [2.75, 3.05) is 0 Å². The number of ether oxygens (including phenoxy) is 1. The highest BCUT2D eigenvalue weighted by atomic mass is 79.9. The van der Waals surface area contributed by atoms with Crippen molar-refractivity contribution in [1.29, 1.82) is 0 Å².